The van der Waals surface area contributed by atoms with E-state index < -0.39 is 5.97 Å². The van der Waals surface area contributed by atoms with Gasteiger partial charge in [-0.1, -0.05) is 0 Å². The average Bonchev–Trinajstić information content (AvgIpc) is 2.87. The zero-order valence-electron chi connectivity index (χ0n) is 9.68. The highest BCUT2D eigenvalue weighted by atomic mass is 32.1. The maximum absolute atomic E-state index is 11.9. The molecule has 5 nitrogen and oxygen atoms in total. The lowest BCUT2D eigenvalue weighted by atomic mass is 10.2. The Bertz CT molecular complexity index is 616. The summed E-state index contributed by atoms with van der Waals surface area (Å²) >= 11 is 2.47. The largest absolute Gasteiger partial charge is 0.477 e. The number of carboxylic acid groups (broad SMARTS) is 1. The molecule has 0 saturated carbocycles. The van der Waals surface area contributed by atoms with Crippen molar-refractivity contribution in [2.45, 2.75) is 13.8 Å². The van der Waals surface area contributed by atoms with Crippen molar-refractivity contribution >= 4 is 40.2 Å². The van der Waals surface area contributed by atoms with Crippen molar-refractivity contribution in [3.8, 4) is 0 Å². The smallest absolute Gasteiger partial charge is 0.348 e. The Hall–Kier alpha value is -1.73. The van der Waals surface area contributed by atoms with Gasteiger partial charge in [-0.05, 0) is 24.8 Å². The third-order valence-electron chi connectivity index (χ3n) is 2.26. The highest BCUT2D eigenvalue weighted by Crippen LogP contribution is 2.28. The van der Waals surface area contributed by atoms with E-state index in [9.17, 15) is 9.59 Å². The Kier molecular flexibility index (Phi) is 3.44. The number of aromatic carboxylic acids is 1. The quantitative estimate of drug-likeness (QED) is 0.907. The van der Waals surface area contributed by atoms with E-state index in [2.05, 4.69) is 10.3 Å². The number of rotatable bonds is 3. The molecule has 0 aliphatic carbocycles. The first-order valence-corrected chi connectivity index (χ1v) is 6.80. The molecule has 2 aromatic heterocycles. The first-order chi connectivity index (χ1) is 8.49. The van der Waals surface area contributed by atoms with Gasteiger partial charge in [0.05, 0.1) is 10.7 Å². The van der Waals surface area contributed by atoms with E-state index in [0.717, 1.165) is 21.9 Å². The number of aromatic nitrogens is 1. The molecular formula is C11H10N2O3S2. The van der Waals surface area contributed by atoms with Crippen LogP contribution in [0.2, 0.25) is 0 Å². The van der Waals surface area contributed by atoms with Gasteiger partial charge < -0.3 is 10.4 Å². The van der Waals surface area contributed by atoms with Crippen LogP contribution in [0.15, 0.2) is 10.8 Å². The fourth-order valence-corrected chi connectivity index (χ4v) is 2.84. The summed E-state index contributed by atoms with van der Waals surface area (Å²) in [5, 5.41) is 15.8. The van der Waals surface area contributed by atoms with Crippen LogP contribution in [0.1, 0.15) is 30.7 Å². The molecule has 2 heterocycles. The van der Waals surface area contributed by atoms with Crippen LogP contribution in [-0.2, 0) is 0 Å². The van der Waals surface area contributed by atoms with Crippen molar-refractivity contribution in [1.29, 1.82) is 0 Å². The Labute approximate surface area is 111 Å². The molecule has 0 saturated heterocycles. The minimum Gasteiger partial charge on any atom is -0.477 e. The number of nitrogens with one attached hydrogen (secondary N) is 1. The molecule has 94 valence electrons. The number of hydrogen-bond acceptors (Lipinski definition) is 5. The number of nitrogens with zero attached hydrogens (tertiary/aromatic N) is 1. The van der Waals surface area contributed by atoms with Gasteiger partial charge in [0.2, 0.25) is 0 Å². The molecule has 0 unspecified atom stereocenters. The van der Waals surface area contributed by atoms with E-state index in [1.807, 2.05) is 0 Å². The number of amides is 1. The molecule has 0 aliphatic rings. The van der Waals surface area contributed by atoms with Crippen LogP contribution in [0.3, 0.4) is 0 Å². The monoisotopic (exact) mass is 282 g/mol. The molecule has 0 spiro atoms. The van der Waals surface area contributed by atoms with Gasteiger partial charge in [-0.3, -0.25) is 4.79 Å². The van der Waals surface area contributed by atoms with E-state index in [1.54, 1.807) is 24.6 Å². The number of hydrogen-bond donors (Lipinski definition) is 2. The summed E-state index contributed by atoms with van der Waals surface area (Å²) in [6, 6.07) is 0. The molecule has 2 N–H and O–H groups in total. The van der Waals surface area contributed by atoms with Crippen LogP contribution in [-0.4, -0.2) is 22.0 Å². The summed E-state index contributed by atoms with van der Waals surface area (Å²) < 4.78 is 0. The number of carbonyl (C=O) groups excluding carboxylic acids is 1. The number of anilines is 1. The number of thiazole rings is 1. The van der Waals surface area contributed by atoms with E-state index in [-0.39, 0.29) is 10.8 Å². The lowest BCUT2D eigenvalue weighted by Crippen LogP contribution is -2.14. The Morgan fingerprint density at radius 3 is 2.56 bits per heavy atom. The molecular weight excluding hydrogens is 272 g/mol. The van der Waals surface area contributed by atoms with Gasteiger partial charge in [-0.2, -0.15) is 0 Å². The van der Waals surface area contributed by atoms with E-state index in [0.29, 0.717) is 11.4 Å². The number of carboxylic acids is 1. The van der Waals surface area contributed by atoms with E-state index in [4.69, 9.17) is 5.11 Å². The van der Waals surface area contributed by atoms with Gasteiger partial charge in [0.25, 0.3) is 5.91 Å². The number of thiophene rings is 1. The summed E-state index contributed by atoms with van der Waals surface area (Å²) in [6.07, 6.45) is 0. The second-order valence-corrected chi connectivity index (χ2v) is 5.58. The molecule has 0 aliphatic heterocycles. The standard InChI is InChI=1S/C11H10N2O3S2/c1-5-3-18-9(11(15)16)8(5)13-10(14)7-4-17-6(2)12-7/h3-4H,1-2H3,(H,13,14)(H,15,16). The molecule has 0 aromatic carbocycles. The molecule has 1 amide bonds. The highest BCUT2D eigenvalue weighted by Gasteiger charge is 2.18. The number of carbonyl (C=O) groups is 2. The van der Waals surface area contributed by atoms with Crippen LogP contribution in [0.25, 0.3) is 0 Å². The third kappa shape index (κ3) is 2.41. The lowest BCUT2D eigenvalue weighted by molar-refractivity contribution is 0.0703. The van der Waals surface area contributed by atoms with Crippen molar-refractivity contribution < 1.29 is 14.7 Å². The van der Waals surface area contributed by atoms with Crippen LogP contribution >= 0.6 is 22.7 Å². The molecule has 0 radical (unpaired) electrons. The molecule has 2 rings (SSSR count). The van der Waals surface area contributed by atoms with Crippen LogP contribution < -0.4 is 5.32 Å². The Morgan fingerprint density at radius 1 is 1.28 bits per heavy atom. The van der Waals surface area contributed by atoms with Crippen LogP contribution in [0.4, 0.5) is 5.69 Å². The predicted molar refractivity (Wildman–Crippen MR) is 70.8 cm³/mol. The third-order valence-corrected chi connectivity index (χ3v) is 4.12. The lowest BCUT2D eigenvalue weighted by Gasteiger charge is -2.04. The summed E-state index contributed by atoms with van der Waals surface area (Å²) in [6.45, 7) is 3.56. The SMILES string of the molecule is Cc1nc(C(=O)Nc2c(C)csc2C(=O)O)cs1. The van der Waals surface area contributed by atoms with Gasteiger partial charge in [0.1, 0.15) is 10.6 Å². The summed E-state index contributed by atoms with van der Waals surface area (Å²) in [5.74, 6) is -1.43. The second kappa shape index (κ2) is 4.87. The van der Waals surface area contributed by atoms with Crippen molar-refractivity contribution in [1.82, 2.24) is 4.98 Å². The summed E-state index contributed by atoms with van der Waals surface area (Å²) in [7, 11) is 0. The minimum absolute atomic E-state index is 0.132. The zero-order chi connectivity index (χ0) is 13.3. The first kappa shape index (κ1) is 12.7. The van der Waals surface area contributed by atoms with E-state index >= 15 is 0 Å². The van der Waals surface area contributed by atoms with Gasteiger partial charge in [-0.15, -0.1) is 22.7 Å². The minimum atomic E-state index is -1.04. The summed E-state index contributed by atoms with van der Waals surface area (Å²) in [4.78, 5) is 27.1. The average molecular weight is 282 g/mol. The molecule has 0 atom stereocenters. The van der Waals surface area contributed by atoms with Gasteiger partial charge in [0.15, 0.2) is 0 Å². The van der Waals surface area contributed by atoms with Crippen molar-refractivity contribution in [3.63, 3.8) is 0 Å². The van der Waals surface area contributed by atoms with Crippen LogP contribution in [0.5, 0.6) is 0 Å². The highest BCUT2D eigenvalue weighted by molar-refractivity contribution is 7.12. The Balaban J connectivity index is 2.27. The van der Waals surface area contributed by atoms with Crippen LogP contribution in [0, 0.1) is 13.8 Å². The number of aryl methyl sites for hydroxylation is 2. The fraction of sp³-hybridized carbons (Fsp3) is 0.182. The van der Waals surface area contributed by atoms with Crippen molar-refractivity contribution in [2.75, 3.05) is 5.32 Å². The molecule has 0 bridgehead atoms. The molecule has 7 heteroatoms. The maximum Gasteiger partial charge on any atom is 0.348 e. The summed E-state index contributed by atoms with van der Waals surface area (Å²) in [5.41, 5.74) is 1.39. The normalized spacial score (nSPS) is 10.3. The Morgan fingerprint density at radius 2 is 2.00 bits per heavy atom. The fourth-order valence-electron chi connectivity index (χ4n) is 1.40. The van der Waals surface area contributed by atoms with Gasteiger partial charge in [0, 0.05) is 5.38 Å². The second-order valence-electron chi connectivity index (χ2n) is 3.63. The van der Waals surface area contributed by atoms with Gasteiger partial charge in [-0.25, -0.2) is 9.78 Å². The first-order valence-electron chi connectivity index (χ1n) is 5.04. The van der Waals surface area contributed by atoms with Crippen molar-refractivity contribution in [3.05, 3.63) is 31.9 Å². The molecule has 2 aromatic rings. The maximum atomic E-state index is 11.9. The predicted octanol–water partition coefficient (Wildman–Crippen LogP) is 2.77. The van der Waals surface area contributed by atoms with Crippen molar-refractivity contribution in [2.24, 2.45) is 0 Å². The molecule has 18 heavy (non-hydrogen) atoms. The van der Waals surface area contributed by atoms with E-state index in [1.165, 1.54) is 11.3 Å². The van der Waals surface area contributed by atoms with Gasteiger partial charge >= 0.3 is 5.97 Å². The zero-order valence-corrected chi connectivity index (χ0v) is 11.3. The molecule has 0 fully saturated rings. The topological polar surface area (TPSA) is 79.3 Å².